The van der Waals surface area contributed by atoms with Gasteiger partial charge in [0.1, 0.15) is 0 Å². The van der Waals surface area contributed by atoms with Crippen LogP contribution in [-0.2, 0) is 6.42 Å². The van der Waals surface area contributed by atoms with Crippen molar-refractivity contribution in [2.75, 3.05) is 28.6 Å². The number of carbonyl (C=O) groups excluding carboxylic acids is 2. The second-order valence-electron chi connectivity index (χ2n) is 7.18. The first kappa shape index (κ1) is 20.4. The molecular formula is C23H22ClN3O2S. The first-order valence-corrected chi connectivity index (χ1v) is 11.0. The fraction of sp³-hybridized carbons (Fsp3) is 0.217. The number of hydrogen-bond donors (Lipinski definition) is 2. The second kappa shape index (κ2) is 8.50. The Morgan fingerprint density at radius 3 is 2.67 bits per heavy atom. The molecule has 0 radical (unpaired) electrons. The van der Waals surface area contributed by atoms with Crippen LogP contribution in [0.4, 0.5) is 16.4 Å². The van der Waals surface area contributed by atoms with Gasteiger partial charge in [0, 0.05) is 24.5 Å². The van der Waals surface area contributed by atoms with Gasteiger partial charge in [-0.05, 0) is 61.7 Å². The number of likely N-dealkylation sites (N-methyl/N-ethyl adjacent to an activating group) is 1. The number of hydrogen-bond acceptors (Lipinski definition) is 4. The monoisotopic (exact) mass is 439 g/mol. The van der Waals surface area contributed by atoms with Crippen molar-refractivity contribution in [3.8, 4) is 0 Å². The second-order valence-corrected chi connectivity index (χ2v) is 8.64. The first-order valence-electron chi connectivity index (χ1n) is 9.81. The molecule has 154 valence electrons. The maximum Gasteiger partial charge on any atom is 0.266 e. The fourth-order valence-electron chi connectivity index (χ4n) is 3.63. The summed E-state index contributed by atoms with van der Waals surface area (Å²) in [6, 6.07) is 14.7. The molecule has 0 saturated carbocycles. The van der Waals surface area contributed by atoms with E-state index in [0.29, 0.717) is 20.5 Å². The molecule has 2 amide bonds. The van der Waals surface area contributed by atoms with E-state index in [2.05, 4.69) is 28.5 Å². The Bertz CT molecular complexity index is 1130. The van der Waals surface area contributed by atoms with Gasteiger partial charge in [0.2, 0.25) is 0 Å². The van der Waals surface area contributed by atoms with Crippen molar-refractivity contribution in [1.82, 2.24) is 0 Å². The molecule has 0 bridgehead atoms. The van der Waals surface area contributed by atoms with Crippen LogP contribution in [0, 0.1) is 6.92 Å². The Labute approximate surface area is 184 Å². The molecule has 5 nitrogen and oxygen atoms in total. The number of thiophene rings is 1. The molecule has 0 spiro atoms. The number of aryl methyl sites for hydroxylation is 1. The fourth-order valence-corrected chi connectivity index (χ4v) is 4.82. The van der Waals surface area contributed by atoms with Crippen molar-refractivity contribution >= 4 is 51.1 Å². The predicted octanol–water partition coefficient (Wildman–Crippen LogP) is 5.60. The van der Waals surface area contributed by atoms with E-state index in [9.17, 15) is 9.59 Å². The van der Waals surface area contributed by atoms with E-state index in [1.54, 1.807) is 30.3 Å². The van der Waals surface area contributed by atoms with Gasteiger partial charge in [-0.25, -0.2) is 0 Å². The highest BCUT2D eigenvalue weighted by molar-refractivity contribution is 7.18. The number of benzene rings is 2. The van der Waals surface area contributed by atoms with Gasteiger partial charge in [0.15, 0.2) is 0 Å². The minimum absolute atomic E-state index is 0.184. The Balaban J connectivity index is 1.49. The van der Waals surface area contributed by atoms with Crippen LogP contribution in [0.15, 0.2) is 48.5 Å². The highest BCUT2D eigenvalue weighted by Crippen LogP contribution is 2.32. The number of nitrogens with zero attached hydrogens (tertiary/aromatic N) is 1. The normalized spacial score (nSPS) is 12.6. The van der Waals surface area contributed by atoms with Crippen LogP contribution < -0.4 is 15.5 Å². The van der Waals surface area contributed by atoms with E-state index < -0.39 is 0 Å². The molecule has 2 heterocycles. The Morgan fingerprint density at radius 1 is 1.10 bits per heavy atom. The summed E-state index contributed by atoms with van der Waals surface area (Å²) in [6.45, 7) is 5.95. The van der Waals surface area contributed by atoms with Crippen LogP contribution in [0.25, 0.3) is 0 Å². The van der Waals surface area contributed by atoms with E-state index in [-0.39, 0.29) is 11.8 Å². The molecule has 0 saturated heterocycles. The third-order valence-corrected chi connectivity index (χ3v) is 6.68. The lowest BCUT2D eigenvalue weighted by molar-refractivity contribution is 0.102. The van der Waals surface area contributed by atoms with E-state index in [1.807, 2.05) is 19.1 Å². The molecule has 0 fully saturated rings. The van der Waals surface area contributed by atoms with Crippen LogP contribution >= 0.6 is 22.9 Å². The van der Waals surface area contributed by atoms with Gasteiger partial charge in [-0.3, -0.25) is 9.59 Å². The highest BCUT2D eigenvalue weighted by atomic mass is 35.5. The molecule has 30 heavy (non-hydrogen) atoms. The summed E-state index contributed by atoms with van der Waals surface area (Å²) in [5.74, 6) is -0.483. The lowest BCUT2D eigenvalue weighted by atomic mass is 10.1. The van der Waals surface area contributed by atoms with Crippen LogP contribution in [0.1, 0.15) is 38.1 Å². The minimum atomic E-state index is -0.299. The van der Waals surface area contributed by atoms with Crippen molar-refractivity contribution in [2.45, 2.75) is 20.3 Å². The van der Waals surface area contributed by atoms with E-state index in [0.717, 1.165) is 30.8 Å². The molecule has 2 aromatic carbocycles. The Hall–Kier alpha value is -2.83. The van der Waals surface area contributed by atoms with Gasteiger partial charge < -0.3 is 15.5 Å². The van der Waals surface area contributed by atoms with Crippen molar-refractivity contribution < 1.29 is 9.59 Å². The zero-order chi connectivity index (χ0) is 21.3. The summed E-state index contributed by atoms with van der Waals surface area (Å²) in [5.41, 5.74) is 4.48. The summed E-state index contributed by atoms with van der Waals surface area (Å²) < 4.78 is 0. The predicted molar refractivity (Wildman–Crippen MR) is 124 cm³/mol. The molecule has 0 unspecified atom stereocenters. The van der Waals surface area contributed by atoms with Crippen molar-refractivity contribution in [1.29, 1.82) is 0 Å². The van der Waals surface area contributed by atoms with Gasteiger partial charge in [0.05, 0.1) is 20.5 Å². The van der Waals surface area contributed by atoms with Crippen LogP contribution in [0.5, 0.6) is 0 Å². The standard InChI is InChI=1S/C23H22ClN3O2S/c1-3-27-11-10-15-8-9-16(13-19(15)27)25-23(29)21-14(2)12-20(30-21)26-22(28)17-6-4-5-7-18(17)24/h4-9,12-13H,3,10-11H2,1-2H3,(H,25,29)(H,26,28). The number of nitrogens with one attached hydrogen (secondary N) is 2. The molecular weight excluding hydrogens is 418 g/mol. The van der Waals surface area contributed by atoms with Crippen LogP contribution in [0.3, 0.4) is 0 Å². The SMILES string of the molecule is CCN1CCc2ccc(NC(=O)c3sc(NC(=O)c4ccccc4Cl)cc3C)cc21. The zero-order valence-corrected chi connectivity index (χ0v) is 18.4. The average Bonchev–Trinajstić information content (AvgIpc) is 3.30. The molecule has 2 N–H and O–H groups in total. The molecule has 4 rings (SSSR count). The molecule has 0 atom stereocenters. The summed E-state index contributed by atoms with van der Waals surface area (Å²) >= 11 is 7.35. The molecule has 3 aromatic rings. The third-order valence-electron chi connectivity index (χ3n) is 5.20. The third kappa shape index (κ3) is 4.06. The summed E-state index contributed by atoms with van der Waals surface area (Å²) in [4.78, 5) is 28.2. The van der Waals surface area contributed by atoms with Gasteiger partial charge in [-0.15, -0.1) is 11.3 Å². The van der Waals surface area contributed by atoms with Gasteiger partial charge in [0.25, 0.3) is 11.8 Å². The summed E-state index contributed by atoms with van der Waals surface area (Å²) in [5, 5.41) is 6.82. The Kier molecular flexibility index (Phi) is 5.79. The van der Waals surface area contributed by atoms with Crippen LogP contribution in [0.2, 0.25) is 5.02 Å². The quantitative estimate of drug-likeness (QED) is 0.544. The average molecular weight is 440 g/mol. The number of carbonyl (C=O) groups is 2. The molecule has 1 aliphatic rings. The molecule has 1 aliphatic heterocycles. The van der Waals surface area contributed by atoms with E-state index in [1.165, 1.54) is 22.6 Å². The van der Waals surface area contributed by atoms with Gasteiger partial charge in [-0.1, -0.05) is 29.8 Å². The molecule has 1 aromatic heterocycles. The lowest BCUT2D eigenvalue weighted by Gasteiger charge is -2.17. The van der Waals surface area contributed by atoms with E-state index >= 15 is 0 Å². The largest absolute Gasteiger partial charge is 0.371 e. The minimum Gasteiger partial charge on any atom is -0.371 e. The number of rotatable bonds is 5. The van der Waals surface area contributed by atoms with Crippen molar-refractivity contribution in [3.63, 3.8) is 0 Å². The topological polar surface area (TPSA) is 61.4 Å². The van der Waals surface area contributed by atoms with Crippen molar-refractivity contribution in [2.24, 2.45) is 0 Å². The van der Waals surface area contributed by atoms with Gasteiger partial charge >= 0.3 is 0 Å². The van der Waals surface area contributed by atoms with Gasteiger partial charge in [-0.2, -0.15) is 0 Å². The zero-order valence-electron chi connectivity index (χ0n) is 16.8. The smallest absolute Gasteiger partial charge is 0.266 e. The highest BCUT2D eigenvalue weighted by Gasteiger charge is 2.20. The summed E-state index contributed by atoms with van der Waals surface area (Å²) in [6.07, 6.45) is 1.04. The number of halogens is 1. The maximum atomic E-state index is 12.9. The lowest BCUT2D eigenvalue weighted by Crippen LogP contribution is -2.19. The summed E-state index contributed by atoms with van der Waals surface area (Å²) in [7, 11) is 0. The number of anilines is 3. The maximum absolute atomic E-state index is 12.9. The Morgan fingerprint density at radius 2 is 1.90 bits per heavy atom. The van der Waals surface area contributed by atoms with Crippen LogP contribution in [-0.4, -0.2) is 24.9 Å². The molecule has 7 heteroatoms. The van der Waals surface area contributed by atoms with E-state index in [4.69, 9.17) is 11.6 Å². The molecule has 0 aliphatic carbocycles. The number of amides is 2. The van der Waals surface area contributed by atoms with Crippen molar-refractivity contribution in [3.05, 3.63) is 75.1 Å². The first-order chi connectivity index (χ1) is 14.5. The number of fused-ring (bicyclic) bond motifs is 1.